The van der Waals surface area contributed by atoms with Gasteiger partial charge in [-0.3, -0.25) is 9.52 Å². The van der Waals surface area contributed by atoms with E-state index in [-0.39, 0.29) is 11.7 Å². The molecule has 3 rings (SSSR count). The molecule has 0 saturated carbocycles. The molecule has 0 aromatic heterocycles. The SMILES string of the molecule is COc1ccc(CCS(=O)(=O)Nc2ccc3c(c2)CCC(=O)N3)cc1. The number of hydrogen-bond donors (Lipinski definition) is 2. The smallest absolute Gasteiger partial charge is 0.233 e. The summed E-state index contributed by atoms with van der Waals surface area (Å²) in [6, 6.07) is 12.5. The molecule has 0 aliphatic carbocycles. The van der Waals surface area contributed by atoms with E-state index in [4.69, 9.17) is 4.74 Å². The van der Waals surface area contributed by atoms with Gasteiger partial charge in [-0.15, -0.1) is 0 Å². The quantitative estimate of drug-likeness (QED) is 0.829. The number of rotatable bonds is 6. The number of methoxy groups -OCH3 is 1. The summed E-state index contributed by atoms with van der Waals surface area (Å²) in [7, 11) is -1.86. The summed E-state index contributed by atoms with van der Waals surface area (Å²) >= 11 is 0. The zero-order valence-corrected chi connectivity index (χ0v) is 14.7. The van der Waals surface area contributed by atoms with Gasteiger partial charge in [0.05, 0.1) is 12.9 Å². The number of fused-ring (bicyclic) bond motifs is 1. The lowest BCUT2D eigenvalue weighted by Gasteiger charge is -2.18. The van der Waals surface area contributed by atoms with Gasteiger partial charge in [-0.05, 0) is 54.3 Å². The van der Waals surface area contributed by atoms with E-state index in [0.717, 1.165) is 22.6 Å². The predicted molar refractivity (Wildman–Crippen MR) is 97.5 cm³/mol. The predicted octanol–water partition coefficient (Wildman–Crippen LogP) is 2.56. The van der Waals surface area contributed by atoms with Crippen molar-refractivity contribution in [3.05, 3.63) is 53.6 Å². The molecule has 2 N–H and O–H groups in total. The summed E-state index contributed by atoms with van der Waals surface area (Å²) in [5.74, 6) is 0.721. The van der Waals surface area contributed by atoms with Gasteiger partial charge in [0.1, 0.15) is 5.75 Å². The van der Waals surface area contributed by atoms with Crippen LogP contribution in [0.15, 0.2) is 42.5 Å². The lowest BCUT2D eigenvalue weighted by atomic mass is 10.0. The second kappa shape index (κ2) is 7.14. The molecule has 6 nitrogen and oxygen atoms in total. The van der Waals surface area contributed by atoms with Crippen LogP contribution in [0, 0.1) is 0 Å². The van der Waals surface area contributed by atoms with Gasteiger partial charge in [-0.2, -0.15) is 0 Å². The minimum absolute atomic E-state index is 0.00680. The van der Waals surface area contributed by atoms with Gasteiger partial charge in [0.25, 0.3) is 0 Å². The Morgan fingerprint density at radius 1 is 1.12 bits per heavy atom. The van der Waals surface area contributed by atoms with E-state index in [1.165, 1.54) is 0 Å². The van der Waals surface area contributed by atoms with Crippen molar-refractivity contribution in [1.82, 2.24) is 0 Å². The van der Waals surface area contributed by atoms with Crippen LogP contribution >= 0.6 is 0 Å². The fraction of sp³-hybridized carbons (Fsp3) is 0.278. The molecule has 2 aromatic carbocycles. The van der Waals surface area contributed by atoms with Gasteiger partial charge in [-0.1, -0.05) is 12.1 Å². The summed E-state index contributed by atoms with van der Waals surface area (Å²) in [5.41, 5.74) is 3.14. The van der Waals surface area contributed by atoms with Gasteiger partial charge in [-0.25, -0.2) is 8.42 Å². The second-order valence-corrected chi connectivity index (χ2v) is 7.78. The summed E-state index contributed by atoms with van der Waals surface area (Å²) in [6.07, 6.45) is 1.45. The van der Waals surface area contributed by atoms with Crippen molar-refractivity contribution in [2.75, 3.05) is 22.9 Å². The minimum Gasteiger partial charge on any atom is -0.497 e. The van der Waals surface area contributed by atoms with E-state index in [9.17, 15) is 13.2 Å². The van der Waals surface area contributed by atoms with Gasteiger partial charge in [0.2, 0.25) is 15.9 Å². The van der Waals surface area contributed by atoms with Crippen LogP contribution in [0.3, 0.4) is 0 Å². The highest BCUT2D eigenvalue weighted by Crippen LogP contribution is 2.26. The highest BCUT2D eigenvalue weighted by molar-refractivity contribution is 7.92. The first-order valence-electron chi connectivity index (χ1n) is 8.01. The second-order valence-electron chi connectivity index (χ2n) is 5.94. The Morgan fingerprint density at radius 2 is 1.88 bits per heavy atom. The molecule has 0 bridgehead atoms. The molecule has 0 radical (unpaired) electrons. The van der Waals surface area contributed by atoms with Crippen molar-refractivity contribution in [3.8, 4) is 5.75 Å². The highest BCUT2D eigenvalue weighted by atomic mass is 32.2. The summed E-state index contributed by atoms with van der Waals surface area (Å²) in [5, 5.41) is 2.78. The number of carbonyl (C=O) groups is 1. The number of ether oxygens (including phenoxy) is 1. The standard InChI is InChI=1S/C18H20N2O4S/c1-24-16-6-2-13(3-7-16)10-11-25(22,23)20-15-5-8-17-14(12-15)4-9-18(21)19-17/h2-3,5-8,12,20H,4,9-11H2,1H3,(H,19,21). The van der Waals surface area contributed by atoms with E-state index < -0.39 is 10.0 Å². The van der Waals surface area contributed by atoms with Crippen molar-refractivity contribution in [3.63, 3.8) is 0 Å². The largest absolute Gasteiger partial charge is 0.497 e. The fourth-order valence-electron chi connectivity index (χ4n) is 2.72. The topological polar surface area (TPSA) is 84.5 Å². The first-order valence-corrected chi connectivity index (χ1v) is 9.66. The van der Waals surface area contributed by atoms with E-state index in [1.54, 1.807) is 25.3 Å². The third kappa shape index (κ3) is 4.51. The maximum atomic E-state index is 12.3. The van der Waals surface area contributed by atoms with Crippen LogP contribution in [-0.2, 0) is 27.7 Å². The molecule has 0 fully saturated rings. The molecule has 0 saturated heterocycles. The van der Waals surface area contributed by atoms with Crippen LogP contribution < -0.4 is 14.8 Å². The number of aryl methyl sites for hydroxylation is 2. The minimum atomic E-state index is -3.45. The molecule has 1 aliphatic heterocycles. The van der Waals surface area contributed by atoms with Crippen LogP contribution in [0.5, 0.6) is 5.75 Å². The van der Waals surface area contributed by atoms with E-state index in [2.05, 4.69) is 10.0 Å². The van der Waals surface area contributed by atoms with Gasteiger partial charge >= 0.3 is 0 Å². The van der Waals surface area contributed by atoms with Gasteiger partial charge in [0, 0.05) is 17.8 Å². The fourth-order valence-corrected chi connectivity index (χ4v) is 3.81. The Kier molecular flexibility index (Phi) is 4.94. The molecule has 0 unspecified atom stereocenters. The third-order valence-corrected chi connectivity index (χ3v) is 5.38. The molecular formula is C18H20N2O4S. The highest BCUT2D eigenvalue weighted by Gasteiger charge is 2.16. The average Bonchev–Trinajstić information content (AvgIpc) is 2.60. The van der Waals surface area contributed by atoms with Crippen molar-refractivity contribution in [2.45, 2.75) is 19.3 Å². The van der Waals surface area contributed by atoms with Gasteiger partial charge < -0.3 is 10.1 Å². The lowest BCUT2D eigenvalue weighted by Crippen LogP contribution is -2.20. The average molecular weight is 360 g/mol. The maximum Gasteiger partial charge on any atom is 0.233 e. The Morgan fingerprint density at radius 3 is 2.60 bits per heavy atom. The summed E-state index contributed by atoms with van der Waals surface area (Å²) in [4.78, 5) is 11.4. The Hall–Kier alpha value is -2.54. The van der Waals surface area contributed by atoms with Crippen LogP contribution in [0.4, 0.5) is 11.4 Å². The number of sulfonamides is 1. The van der Waals surface area contributed by atoms with Crippen LogP contribution in [0.25, 0.3) is 0 Å². The maximum absolute atomic E-state index is 12.3. The van der Waals surface area contributed by atoms with Crippen molar-refractivity contribution < 1.29 is 17.9 Å². The van der Waals surface area contributed by atoms with E-state index in [0.29, 0.717) is 24.9 Å². The van der Waals surface area contributed by atoms with E-state index >= 15 is 0 Å². The van der Waals surface area contributed by atoms with Crippen LogP contribution in [0.1, 0.15) is 17.5 Å². The summed E-state index contributed by atoms with van der Waals surface area (Å²) < 4.78 is 32.3. The number of anilines is 2. The molecule has 132 valence electrons. The zero-order chi connectivity index (χ0) is 17.9. The van der Waals surface area contributed by atoms with Crippen molar-refractivity contribution >= 4 is 27.3 Å². The third-order valence-electron chi connectivity index (χ3n) is 4.09. The Bertz CT molecular complexity index is 876. The van der Waals surface area contributed by atoms with Crippen LogP contribution in [0.2, 0.25) is 0 Å². The number of benzene rings is 2. The Labute approximate surface area is 147 Å². The molecule has 0 spiro atoms. The monoisotopic (exact) mass is 360 g/mol. The van der Waals surface area contributed by atoms with Crippen molar-refractivity contribution in [1.29, 1.82) is 0 Å². The molecular weight excluding hydrogens is 340 g/mol. The number of carbonyl (C=O) groups excluding carboxylic acids is 1. The molecule has 2 aromatic rings. The lowest BCUT2D eigenvalue weighted by molar-refractivity contribution is -0.116. The molecule has 1 amide bonds. The Balaban J connectivity index is 1.63. The van der Waals surface area contributed by atoms with Gasteiger partial charge in [0.15, 0.2) is 0 Å². The first kappa shape index (κ1) is 17.3. The number of amides is 1. The summed E-state index contributed by atoms with van der Waals surface area (Å²) in [6.45, 7) is 0. The van der Waals surface area contributed by atoms with Crippen LogP contribution in [-0.4, -0.2) is 27.2 Å². The normalized spacial score (nSPS) is 13.7. The number of hydrogen-bond acceptors (Lipinski definition) is 4. The first-order chi connectivity index (χ1) is 11.9. The molecule has 1 heterocycles. The molecule has 0 atom stereocenters. The van der Waals surface area contributed by atoms with E-state index in [1.807, 2.05) is 24.3 Å². The zero-order valence-electron chi connectivity index (χ0n) is 13.9. The molecule has 25 heavy (non-hydrogen) atoms. The molecule has 1 aliphatic rings. The number of nitrogens with one attached hydrogen (secondary N) is 2. The van der Waals surface area contributed by atoms with Crippen molar-refractivity contribution in [2.24, 2.45) is 0 Å². The molecule has 7 heteroatoms.